The fourth-order valence-corrected chi connectivity index (χ4v) is 2.17. The molecule has 1 rings (SSSR count). The van der Waals surface area contributed by atoms with Crippen LogP contribution in [0.3, 0.4) is 0 Å². The van der Waals surface area contributed by atoms with Gasteiger partial charge in [-0.05, 0) is 24.8 Å². The van der Waals surface area contributed by atoms with E-state index in [1.54, 1.807) is 0 Å². The van der Waals surface area contributed by atoms with Crippen LogP contribution in [-0.4, -0.2) is 37.3 Å². The predicted molar refractivity (Wildman–Crippen MR) is 64.0 cm³/mol. The molecule has 3 N–H and O–H groups in total. The highest BCUT2D eigenvalue weighted by atomic mass is 16.3. The van der Waals surface area contributed by atoms with Gasteiger partial charge in [-0.25, -0.2) is 0 Å². The van der Waals surface area contributed by atoms with Crippen molar-refractivity contribution in [3.05, 3.63) is 0 Å². The maximum absolute atomic E-state index is 12.2. The first-order chi connectivity index (χ1) is 7.53. The van der Waals surface area contributed by atoms with Gasteiger partial charge in [-0.15, -0.1) is 0 Å². The molecule has 1 saturated heterocycles. The Kier molecular flexibility index (Phi) is 4.74. The number of rotatable bonds is 5. The largest absolute Gasteiger partial charge is 0.396 e. The third-order valence-electron chi connectivity index (χ3n) is 3.67. The van der Waals surface area contributed by atoms with Crippen LogP contribution in [0.1, 0.15) is 27.2 Å². The smallest absolute Gasteiger partial charge is 0.227 e. The van der Waals surface area contributed by atoms with Crippen LogP contribution < -0.4 is 10.6 Å². The Labute approximate surface area is 97.8 Å². The molecule has 2 atom stereocenters. The minimum atomic E-state index is -0.255. The Morgan fingerprint density at radius 3 is 2.62 bits per heavy atom. The molecular weight excluding hydrogens is 204 g/mol. The third-order valence-corrected chi connectivity index (χ3v) is 3.67. The van der Waals surface area contributed by atoms with Gasteiger partial charge in [0, 0.05) is 19.7 Å². The van der Waals surface area contributed by atoms with Crippen molar-refractivity contribution >= 4 is 5.91 Å². The van der Waals surface area contributed by atoms with E-state index in [0.29, 0.717) is 12.5 Å². The van der Waals surface area contributed by atoms with E-state index in [0.717, 1.165) is 19.5 Å². The summed E-state index contributed by atoms with van der Waals surface area (Å²) in [6, 6.07) is 0. The van der Waals surface area contributed by atoms with Crippen LogP contribution in [0, 0.1) is 17.3 Å². The Hall–Kier alpha value is -0.610. The zero-order valence-electron chi connectivity index (χ0n) is 10.5. The maximum Gasteiger partial charge on any atom is 0.227 e. The molecule has 4 nitrogen and oxygen atoms in total. The summed E-state index contributed by atoms with van der Waals surface area (Å²) < 4.78 is 0. The monoisotopic (exact) mass is 228 g/mol. The van der Waals surface area contributed by atoms with Gasteiger partial charge in [0.1, 0.15) is 0 Å². The molecule has 0 radical (unpaired) electrons. The lowest BCUT2D eigenvalue weighted by molar-refractivity contribution is -0.132. The van der Waals surface area contributed by atoms with E-state index >= 15 is 0 Å². The molecule has 0 saturated carbocycles. The van der Waals surface area contributed by atoms with E-state index in [2.05, 4.69) is 24.5 Å². The van der Waals surface area contributed by atoms with Gasteiger partial charge in [-0.2, -0.15) is 0 Å². The van der Waals surface area contributed by atoms with Crippen molar-refractivity contribution < 1.29 is 9.90 Å². The molecule has 1 amide bonds. The molecule has 4 heteroatoms. The van der Waals surface area contributed by atoms with Crippen molar-refractivity contribution in [1.29, 1.82) is 0 Å². The molecule has 16 heavy (non-hydrogen) atoms. The first-order valence-corrected chi connectivity index (χ1v) is 6.13. The van der Waals surface area contributed by atoms with Crippen LogP contribution in [0.4, 0.5) is 0 Å². The van der Waals surface area contributed by atoms with Gasteiger partial charge < -0.3 is 15.7 Å². The van der Waals surface area contributed by atoms with Crippen LogP contribution in [0.25, 0.3) is 0 Å². The number of nitrogens with one attached hydrogen (secondary N) is 2. The molecule has 0 aromatic rings. The second-order valence-electron chi connectivity index (χ2n) is 5.24. The number of carbonyl (C=O) groups is 1. The maximum atomic E-state index is 12.2. The van der Waals surface area contributed by atoms with Crippen molar-refractivity contribution in [2.45, 2.75) is 27.2 Å². The second-order valence-corrected chi connectivity index (χ2v) is 5.24. The number of aliphatic hydroxyl groups excluding tert-OH is 1. The summed E-state index contributed by atoms with van der Waals surface area (Å²) in [5.41, 5.74) is -0.255. The van der Waals surface area contributed by atoms with E-state index in [1.807, 2.05) is 6.92 Å². The van der Waals surface area contributed by atoms with E-state index in [1.165, 1.54) is 0 Å². The van der Waals surface area contributed by atoms with Crippen molar-refractivity contribution in [2.75, 3.05) is 26.2 Å². The van der Waals surface area contributed by atoms with Gasteiger partial charge >= 0.3 is 0 Å². The van der Waals surface area contributed by atoms with Crippen molar-refractivity contribution in [3.8, 4) is 0 Å². The summed E-state index contributed by atoms with van der Waals surface area (Å²) in [5, 5.41) is 15.1. The third kappa shape index (κ3) is 2.74. The molecule has 0 spiro atoms. The molecule has 0 aromatic heterocycles. The fourth-order valence-electron chi connectivity index (χ4n) is 2.17. The van der Waals surface area contributed by atoms with Gasteiger partial charge in [0.2, 0.25) is 5.91 Å². The van der Waals surface area contributed by atoms with E-state index in [-0.39, 0.29) is 23.8 Å². The highest BCUT2D eigenvalue weighted by Crippen LogP contribution is 2.34. The van der Waals surface area contributed by atoms with Crippen LogP contribution in [0.2, 0.25) is 0 Å². The summed E-state index contributed by atoms with van der Waals surface area (Å²) in [7, 11) is 0. The lowest BCUT2D eigenvalue weighted by Crippen LogP contribution is -2.47. The predicted octanol–water partition coefficient (Wildman–Crippen LogP) is 0.367. The Morgan fingerprint density at radius 1 is 1.50 bits per heavy atom. The molecule has 2 unspecified atom stereocenters. The molecule has 94 valence electrons. The molecule has 1 aliphatic heterocycles. The van der Waals surface area contributed by atoms with Gasteiger partial charge in [0.05, 0.1) is 5.41 Å². The van der Waals surface area contributed by atoms with Crippen LogP contribution >= 0.6 is 0 Å². The summed E-state index contributed by atoms with van der Waals surface area (Å²) in [6.45, 7) is 8.49. The Morgan fingerprint density at radius 2 is 2.19 bits per heavy atom. The zero-order chi connectivity index (χ0) is 12.2. The molecule has 1 aliphatic rings. The SMILES string of the molecule is CC(CO)CNC(=O)C1(C(C)C)CCNC1. The first-order valence-electron chi connectivity index (χ1n) is 6.13. The highest BCUT2D eigenvalue weighted by molar-refractivity contribution is 5.83. The van der Waals surface area contributed by atoms with Crippen molar-refractivity contribution in [1.82, 2.24) is 10.6 Å². The average Bonchev–Trinajstić information content (AvgIpc) is 2.75. The highest BCUT2D eigenvalue weighted by Gasteiger charge is 2.43. The van der Waals surface area contributed by atoms with Crippen molar-refractivity contribution in [3.63, 3.8) is 0 Å². The molecule has 0 aromatic carbocycles. The molecule has 0 aliphatic carbocycles. The van der Waals surface area contributed by atoms with Crippen LogP contribution in [0.15, 0.2) is 0 Å². The zero-order valence-corrected chi connectivity index (χ0v) is 10.5. The number of amides is 1. The van der Waals surface area contributed by atoms with Crippen LogP contribution in [-0.2, 0) is 4.79 Å². The molecule has 0 bridgehead atoms. The summed E-state index contributed by atoms with van der Waals surface area (Å²) in [6.07, 6.45) is 0.907. The number of hydrogen-bond acceptors (Lipinski definition) is 3. The lowest BCUT2D eigenvalue weighted by atomic mass is 9.75. The standard InChI is InChI=1S/C12H24N2O2/c1-9(2)12(4-5-13-8-12)11(16)14-6-10(3)7-15/h9-10,13,15H,4-8H2,1-3H3,(H,14,16). The first kappa shape index (κ1) is 13.5. The quantitative estimate of drug-likeness (QED) is 0.637. The number of aliphatic hydroxyl groups is 1. The van der Waals surface area contributed by atoms with E-state index in [9.17, 15) is 4.79 Å². The summed E-state index contributed by atoms with van der Waals surface area (Å²) in [4.78, 5) is 12.2. The Bertz CT molecular complexity index is 235. The number of carbonyl (C=O) groups excluding carboxylic acids is 1. The number of hydrogen-bond donors (Lipinski definition) is 3. The molecular formula is C12H24N2O2. The fraction of sp³-hybridized carbons (Fsp3) is 0.917. The normalized spacial score (nSPS) is 27.1. The topological polar surface area (TPSA) is 61.4 Å². The second kappa shape index (κ2) is 5.64. The summed E-state index contributed by atoms with van der Waals surface area (Å²) >= 11 is 0. The average molecular weight is 228 g/mol. The van der Waals surface area contributed by atoms with Gasteiger partial charge in [-0.3, -0.25) is 4.79 Å². The Balaban J connectivity index is 2.55. The molecule has 1 fully saturated rings. The van der Waals surface area contributed by atoms with Gasteiger partial charge in [0.25, 0.3) is 0 Å². The van der Waals surface area contributed by atoms with Gasteiger partial charge in [-0.1, -0.05) is 20.8 Å². The van der Waals surface area contributed by atoms with Gasteiger partial charge in [0.15, 0.2) is 0 Å². The molecule has 1 heterocycles. The van der Waals surface area contributed by atoms with E-state index in [4.69, 9.17) is 5.11 Å². The minimum absolute atomic E-state index is 0.118. The van der Waals surface area contributed by atoms with Crippen molar-refractivity contribution in [2.24, 2.45) is 17.3 Å². The lowest BCUT2D eigenvalue weighted by Gasteiger charge is -2.31. The minimum Gasteiger partial charge on any atom is -0.396 e. The van der Waals surface area contributed by atoms with Crippen LogP contribution in [0.5, 0.6) is 0 Å². The summed E-state index contributed by atoms with van der Waals surface area (Å²) in [5.74, 6) is 0.599. The van der Waals surface area contributed by atoms with E-state index < -0.39 is 0 Å².